The van der Waals surface area contributed by atoms with Crippen molar-refractivity contribution in [3.63, 3.8) is 0 Å². The van der Waals surface area contributed by atoms with Gasteiger partial charge in [-0.15, -0.1) is 0 Å². The minimum atomic E-state index is -0.167. The zero-order valence-electron chi connectivity index (χ0n) is 11.8. The summed E-state index contributed by atoms with van der Waals surface area (Å²) in [5, 5.41) is 15.3. The molecule has 0 saturated heterocycles. The van der Waals surface area contributed by atoms with Gasteiger partial charge in [-0.1, -0.05) is 12.1 Å². The Hall–Kier alpha value is -1.59. The summed E-state index contributed by atoms with van der Waals surface area (Å²) < 4.78 is 5.12. The molecule has 1 atom stereocenters. The van der Waals surface area contributed by atoms with Crippen LogP contribution in [0.5, 0.6) is 5.75 Å². The maximum absolute atomic E-state index is 11.9. The third-order valence-corrected chi connectivity index (χ3v) is 3.40. The van der Waals surface area contributed by atoms with E-state index >= 15 is 0 Å². The molecule has 0 heterocycles. The van der Waals surface area contributed by atoms with Gasteiger partial charge in [0.1, 0.15) is 5.75 Å². The van der Waals surface area contributed by atoms with Gasteiger partial charge in [0.25, 0.3) is 0 Å². The number of hydrogen-bond donors (Lipinski definition) is 3. The maximum atomic E-state index is 11.9. The number of methoxy groups -OCH3 is 1. The number of carbonyl (C=O) groups is 1. The number of carbonyl (C=O) groups excluding carboxylic acids is 1. The van der Waals surface area contributed by atoms with Crippen LogP contribution in [0.3, 0.4) is 0 Å². The summed E-state index contributed by atoms with van der Waals surface area (Å²) in [5.74, 6) is 0.740. The van der Waals surface area contributed by atoms with Gasteiger partial charge in [-0.2, -0.15) is 0 Å². The van der Waals surface area contributed by atoms with Gasteiger partial charge < -0.3 is 20.5 Å². The number of nitrogens with one attached hydrogen (secondary N) is 2. The zero-order valence-corrected chi connectivity index (χ0v) is 11.8. The van der Waals surface area contributed by atoms with Crippen molar-refractivity contribution >= 4 is 5.91 Å². The van der Waals surface area contributed by atoms with Crippen LogP contribution in [0.25, 0.3) is 0 Å². The van der Waals surface area contributed by atoms with Crippen LogP contribution in [-0.2, 0) is 4.79 Å². The Kier molecular flexibility index (Phi) is 5.38. The fourth-order valence-electron chi connectivity index (χ4n) is 2.06. The average molecular weight is 278 g/mol. The summed E-state index contributed by atoms with van der Waals surface area (Å²) in [5.41, 5.74) is 0.972. The van der Waals surface area contributed by atoms with Crippen LogP contribution in [0.15, 0.2) is 24.3 Å². The van der Waals surface area contributed by atoms with Crippen molar-refractivity contribution in [3.05, 3.63) is 29.8 Å². The predicted octanol–water partition coefficient (Wildman–Crippen LogP) is 0.987. The summed E-state index contributed by atoms with van der Waals surface area (Å²) in [6.07, 6.45) is 2.82. The number of benzene rings is 1. The number of rotatable bonds is 8. The molecule has 0 bridgehead atoms. The van der Waals surface area contributed by atoms with Crippen LogP contribution in [0, 0.1) is 0 Å². The molecule has 5 heteroatoms. The third kappa shape index (κ3) is 4.51. The van der Waals surface area contributed by atoms with Gasteiger partial charge >= 0.3 is 0 Å². The first kappa shape index (κ1) is 14.8. The fourth-order valence-corrected chi connectivity index (χ4v) is 2.06. The van der Waals surface area contributed by atoms with Crippen molar-refractivity contribution < 1.29 is 14.6 Å². The van der Waals surface area contributed by atoms with Crippen LogP contribution in [0.1, 0.15) is 30.9 Å². The lowest BCUT2D eigenvalue weighted by atomic mass is 10.0. The fraction of sp³-hybridized carbons (Fsp3) is 0.533. The minimum Gasteiger partial charge on any atom is -0.497 e. The first-order valence-electron chi connectivity index (χ1n) is 7.00. The SMILES string of the molecule is COc1ccc(C(CCO)NC(=O)CNC2CC2)cc1. The second kappa shape index (κ2) is 7.26. The molecule has 20 heavy (non-hydrogen) atoms. The van der Waals surface area contributed by atoms with E-state index in [0.29, 0.717) is 19.0 Å². The lowest BCUT2D eigenvalue weighted by Gasteiger charge is -2.19. The van der Waals surface area contributed by atoms with Gasteiger partial charge in [0.15, 0.2) is 0 Å². The number of aliphatic hydroxyl groups excluding tert-OH is 1. The number of ether oxygens (including phenoxy) is 1. The highest BCUT2D eigenvalue weighted by Crippen LogP contribution is 2.20. The smallest absolute Gasteiger partial charge is 0.234 e. The van der Waals surface area contributed by atoms with Gasteiger partial charge in [0.05, 0.1) is 19.7 Å². The lowest BCUT2D eigenvalue weighted by Crippen LogP contribution is -2.37. The molecule has 1 unspecified atom stereocenters. The predicted molar refractivity (Wildman–Crippen MR) is 76.6 cm³/mol. The van der Waals surface area contributed by atoms with E-state index in [1.165, 1.54) is 0 Å². The van der Waals surface area contributed by atoms with Gasteiger partial charge in [-0.3, -0.25) is 4.79 Å². The molecule has 1 aliphatic rings. The third-order valence-electron chi connectivity index (χ3n) is 3.40. The molecule has 1 saturated carbocycles. The van der Waals surface area contributed by atoms with Gasteiger partial charge in [0, 0.05) is 12.6 Å². The van der Waals surface area contributed by atoms with E-state index in [9.17, 15) is 4.79 Å². The summed E-state index contributed by atoms with van der Waals surface area (Å²) >= 11 is 0. The second-order valence-corrected chi connectivity index (χ2v) is 5.06. The highest BCUT2D eigenvalue weighted by Gasteiger charge is 2.22. The summed E-state index contributed by atoms with van der Waals surface area (Å²) in [7, 11) is 1.62. The maximum Gasteiger partial charge on any atom is 0.234 e. The number of amides is 1. The Balaban J connectivity index is 1.91. The van der Waals surface area contributed by atoms with Crippen LogP contribution in [-0.4, -0.2) is 37.3 Å². The zero-order chi connectivity index (χ0) is 14.4. The van der Waals surface area contributed by atoms with E-state index in [1.807, 2.05) is 24.3 Å². The lowest BCUT2D eigenvalue weighted by molar-refractivity contribution is -0.121. The first-order valence-corrected chi connectivity index (χ1v) is 7.00. The number of aliphatic hydroxyl groups is 1. The van der Waals surface area contributed by atoms with E-state index in [0.717, 1.165) is 24.2 Å². The molecule has 0 aromatic heterocycles. The highest BCUT2D eigenvalue weighted by molar-refractivity contribution is 5.78. The molecule has 110 valence electrons. The van der Waals surface area contributed by atoms with Gasteiger partial charge in [-0.05, 0) is 37.0 Å². The summed E-state index contributed by atoms with van der Waals surface area (Å²) in [6.45, 7) is 0.371. The Labute approximate surface area is 119 Å². The molecule has 1 fully saturated rings. The Bertz CT molecular complexity index is 429. The van der Waals surface area contributed by atoms with Crippen molar-refractivity contribution in [2.45, 2.75) is 31.3 Å². The molecule has 0 spiro atoms. The van der Waals surface area contributed by atoms with Gasteiger partial charge in [0.2, 0.25) is 5.91 Å². The molecular weight excluding hydrogens is 256 g/mol. The highest BCUT2D eigenvalue weighted by atomic mass is 16.5. The van der Waals surface area contributed by atoms with E-state index < -0.39 is 0 Å². The molecule has 1 amide bonds. The second-order valence-electron chi connectivity index (χ2n) is 5.06. The van der Waals surface area contributed by atoms with Crippen molar-refractivity contribution in [2.75, 3.05) is 20.3 Å². The van der Waals surface area contributed by atoms with E-state index in [1.54, 1.807) is 7.11 Å². The normalized spacial score (nSPS) is 15.7. The topological polar surface area (TPSA) is 70.6 Å². The van der Waals surface area contributed by atoms with Gasteiger partial charge in [-0.25, -0.2) is 0 Å². The molecule has 5 nitrogen and oxygen atoms in total. The van der Waals surface area contributed by atoms with Crippen molar-refractivity contribution in [2.24, 2.45) is 0 Å². The monoisotopic (exact) mass is 278 g/mol. The minimum absolute atomic E-state index is 0.0348. The molecule has 1 aliphatic carbocycles. The van der Waals surface area contributed by atoms with Crippen LogP contribution >= 0.6 is 0 Å². The first-order chi connectivity index (χ1) is 9.72. The van der Waals surface area contributed by atoms with Crippen molar-refractivity contribution in [1.82, 2.24) is 10.6 Å². The largest absolute Gasteiger partial charge is 0.497 e. The average Bonchev–Trinajstić information content (AvgIpc) is 3.29. The molecule has 3 N–H and O–H groups in total. The summed E-state index contributed by atoms with van der Waals surface area (Å²) in [6, 6.07) is 7.88. The van der Waals surface area contributed by atoms with Crippen LogP contribution < -0.4 is 15.4 Å². The standard InChI is InChI=1S/C15H22N2O3/c1-20-13-6-2-11(3-7-13)14(8-9-18)17-15(19)10-16-12-4-5-12/h2-3,6-7,12,14,16,18H,4-5,8-10H2,1H3,(H,17,19). The molecule has 0 aliphatic heterocycles. The van der Waals surface area contributed by atoms with Crippen molar-refractivity contribution in [3.8, 4) is 5.75 Å². The van der Waals surface area contributed by atoms with Crippen LogP contribution in [0.4, 0.5) is 0 Å². The Morgan fingerprint density at radius 3 is 2.65 bits per heavy atom. The van der Waals surface area contributed by atoms with E-state index in [2.05, 4.69) is 10.6 Å². The Morgan fingerprint density at radius 2 is 2.10 bits per heavy atom. The molecule has 1 aromatic rings. The molecule has 2 rings (SSSR count). The molecule has 1 aromatic carbocycles. The Morgan fingerprint density at radius 1 is 1.40 bits per heavy atom. The number of hydrogen-bond acceptors (Lipinski definition) is 4. The summed E-state index contributed by atoms with van der Waals surface area (Å²) in [4.78, 5) is 11.9. The van der Waals surface area contributed by atoms with E-state index in [-0.39, 0.29) is 18.6 Å². The molecule has 0 radical (unpaired) electrons. The van der Waals surface area contributed by atoms with E-state index in [4.69, 9.17) is 9.84 Å². The van der Waals surface area contributed by atoms with Crippen LogP contribution in [0.2, 0.25) is 0 Å². The molecular formula is C15H22N2O3. The quantitative estimate of drug-likeness (QED) is 0.663. The van der Waals surface area contributed by atoms with Crippen molar-refractivity contribution in [1.29, 1.82) is 0 Å².